The van der Waals surface area contributed by atoms with Crippen molar-refractivity contribution in [3.63, 3.8) is 0 Å². The van der Waals surface area contributed by atoms with Gasteiger partial charge >= 0.3 is 0 Å². The second-order valence-electron chi connectivity index (χ2n) is 5.25. The Kier molecular flexibility index (Phi) is 5.29. The normalized spacial score (nSPS) is 20.1. The quantitative estimate of drug-likeness (QED) is 0.806. The fourth-order valence-electron chi connectivity index (χ4n) is 2.55. The first-order valence-corrected chi connectivity index (χ1v) is 7.13. The van der Waals surface area contributed by atoms with E-state index in [2.05, 4.69) is 12.2 Å². The van der Waals surface area contributed by atoms with Gasteiger partial charge in [-0.15, -0.1) is 0 Å². The minimum Gasteiger partial charge on any atom is -0.487 e. The van der Waals surface area contributed by atoms with E-state index in [9.17, 15) is 13.2 Å². The van der Waals surface area contributed by atoms with Gasteiger partial charge in [-0.25, -0.2) is 13.2 Å². The van der Waals surface area contributed by atoms with Gasteiger partial charge in [0.05, 0.1) is 0 Å². The third-order valence-corrected chi connectivity index (χ3v) is 3.72. The largest absolute Gasteiger partial charge is 0.487 e. The van der Waals surface area contributed by atoms with Crippen molar-refractivity contribution in [2.24, 2.45) is 5.92 Å². The fraction of sp³-hybridized carbons (Fsp3) is 0.600. The highest BCUT2D eigenvalue weighted by Crippen LogP contribution is 2.27. The molecular weight excluding hydrogens is 267 g/mol. The molecule has 1 aromatic carbocycles. The van der Waals surface area contributed by atoms with Gasteiger partial charge < -0.3 is 10.1 Å². The van der Waals surface area contributed by atoms with Gasteiger partial charge in [-0.2, -0.15) is 0 Å². The summed E-state index contributed by atoms with van der Waals surface area (Å²) >= 11 is 0. The monoisotopic (exact) mass is 287 g/mol. The predicted molar refractivity (Wildman–Crippen MR) is 71.2 cm³/mol. The van der Waals surface area contributed by atoms with E-state index in [1.165, 1.54) is 0 Å². The summed E-state index contributed by atoms with van der Waals surface area (Å²) in [7, 11) is 0. The SMILES string of the molecule is CCCC[C@@H](Oc1cc(F)c(F)cc1F)[C@H]1CCNC1. The number of unbranched alkanes of at least 4 members (excludes halogenated alkanes) is 1. The average Bonchev–Trinajstić information content (AvgIpc) is 2.94. The Hall–Kier alpha value is -1.23. The second-order valence-corrected chi connectivity index (χ2v) is 5.25. The van der Waals surface area contributed by atoms with Crippen LogP contribution in [0.3, 0.4) is 0 Å². The highest BCUT2D eigenvalue weighted by atomic mass is 19.2. The zero-order valence-corrected chi connectivity index (χ0v) is 11.6. The molecule has 1 fully saturated rings. The molecule has 0 saturated carbocycles. The lowest BCUT2D eigenvalue weighted by Gasteiger charge is -2.24. The molecule has 2 nitrogen and oxygen atoms in total. The summed E-state index contributed by atoms with van der Waals surface area (Å²) in [5, 5.41) is 3.24. The number of nitrogens with one attached hydrogen (secondary N) is 1. The molecule has 0 amide bonds. The number of ether oxygens (including phenoxy) is 1. The van der Waals surface area contributed by atoms with E-state index in [1.54, 1.807) is 0 Å². The zero-order chi connectivity index (χ0) is 14.5. The summed E-state index contributed by atoms with van der Waals surface area (Å²) in [5.74, 6) is -3.04. The maximum atomic E-state index is 13.7. The Morgan fingerprint density at radius 3 is 2.65 bits per heavy atom. The molecule has 1 aromatic rings. The van der Waals surface area contributed by atoms with Crippen LogP contribution in [0.2, 0.25) is 0 Å². The number of benzene rings is 1. The third kappa shape index (κ3) is 3.66. The Morgan fingerprint density at radius 1 is 1.25 bits per heavy atom. The topological polar surface area (TPSA) is 21.3 Å². The molecule has 2 rings (SSSR count). The predicted octanol–water partition coefficient (Wildman–Crippen LogP) is 3.65. The first-order chi connectivity index (χ1) is 9.61. The van der Waals surface area contributed by atoms with Crippen LogP contribution in [0.4, 0.5) is 13.2 Å². The van der Waals surface area contributed by atoms with Gasteiger partial charge in [0, 0.05) is 24.6 Å². The highest BCUT2D eigenvalue weighted by Gasteiger charge is 2.27. The highest BCUT2D eigenvalue weighted by molar-refractivity contribution is 5.26. The van der Waals surface area contributed by atoms with E-state index >= 15 is 0 Å². The number of rotatable bonds is 6. The smallest absolute Gasteiger partial charge is 0.168 e. The van der Waals surface area contributed by atoms with Gasteiger partial charge in [-0.05, 0) is 19.4 Å². The van der Waals surface area contributed by atoms with E-state index in [4.69, 9.17) is 4.74 Å². The summed E-state index contributed by atoms with van der Waals surface area (Å²) < 4.78 is 45.4. The first kappa shape index (κ1) is 15.2. The Balaban J connectivity index is 2.11. The Labute approximate surface area is 117 Å². The van der Waals surface area contributed by atoms with E-state index < -0.39 is 17.5 Å². The van der Waals surface area contributed by atoms with E-state index in [1.807, 2.05) is 0 Å². The van der Waals surface area contributed by atoms with Crippen molar-refractivity contribution in [2.75, 3.05) is 13.1 Å². The van der Waals surface area contributed by atoms with Gasteiger partial charge in [0.25, 0.3) is 0 Å². The van der Waals surface area contributed by atoms with Crippen LogP contribution >= 0.6 is 0 Å². The lowest BCUT2D eigenvalue weighted by atomic mass is 9.97. The maximum Gasteiger partial charge on any atom is 0.168 e. The molecule has 1 heterocycles. The van der Waals surface area contributed by atoms with Crippen LogP contribution in [0.5, 0.6) is 5.75 Å². The summed E-state index contributed by atoms with van der Waals surface area (Å²) in [5.41, 5.74) is 0. The van der Waals surface area contributed by atoms with Gasteiger partial charge in [0.2, 0.25) is 0 Å². The van der Waals surface area contributed by atoms with Crippen LogP contribution in [-0.2, 0) is 0 Å². The molecule has 5 heteroatoms. The second kappa shape index (κ2) is 6.97. The van der Waals surface area contributed by atoms with Crippen LogP contribution in [0.15, 0.2) is 12.1 Å². The average molecular weight is 287 g/mol. The van der Waals surface area contributed by atoms with Gasteiger partial charge in [-0.3, -0.25) is 0 Å². The first-order valence-electron chi connectivity index (χ1n) is 7.13. The minimum atomic E-state index is -1.19. The van der Waals surface area contributed by atoms with Crippen LogP contribution in [0.1, 0.15) is 32.6 Å². The van der Waals surface area contributed by atoms with Gasteiger partial charge in [0.1, 0.15) is 6.10 Å². The van der Waals surface area contributed by atoms with Gasteiger partial charge in [0.15, 0.2) is 23.2 Å². The minimum absolute atomic E-state index is 0.163. The standard InChI is InChI=1S/C15H20F3NO/c1-2-3-4-14(10-5-6-19-9-10)20-15-8-12(17)11(16)7-13(15)18/h7-8,10,14,19H,2-6,9H2,1H3/t10-,14+/m0/s1. The molecule has 0 radical (unpaired) electrons. The molecule has 20 heavy (non-hydrogen) atoms. The van der Waals surface area contributed by atoms with Gasteiger partial charge in [-0.1, -0.05) is 19.8 Å². The lowest BCUT2D eigenvalue weighted by Crippen LogP contribution is -2.29. The lowest BCUT2D eigenvalue weighted by molar-refractivity contribution is 0.124. The van der Waals surface area contributed by atoms with Crippen LogP contribution in [0.25, 0.3) is 0 Å². The molecule has 0 spiro atoms. The van der Waals surface area contributed by atoms with Crippen molar-refractivity contribution in [2.45, 2.75) is 38.7 Å². The van der Waals surface area contributed by atoms with Crippen LogP contribution < -0.4 is 10.1 Å². The summed E-state index contributed by atoms with van der Waals surface area (Å²) in [6.45, 7) is 3.80. The summed E-state index contributed by atoms with van der Waals surface area (Å²) in [6, 6.07) is 1.33. The molecule has 2 atom stereocenters. The molecule has 0 unspecified atom stereocenters. The summed E-state index contributed by atoms with van der Waals surface area (Å²) in [6.07, 6.45) is 3.57. The maximum absolute atomic E-state index is 13.7. The van der Waals surface area contributed by atoms with Crippen molar-refractivity contribution < 1.29 is 17.9 Å². The van der Waals surface area contributed by atoms with E-state index in [0.717, 1.165) is 44.8 Å². The number of hydrogen-bond donors (Lipinski definition) is 1. The van der Waals surface area contributed by atoms with Crippen molar-refractivity contribution in [3.05, 3.63) is 29.6 Å². The van der Waals surface area contributed by atoms with Crippen molar-refractivity contribution in [1.82, 2.24) is 5.32 Å². The van der Waals surface area contributed by atoms with Crippen molar-refractivity contribution >= 4 is 0 Å². The van der Waals surface area contributed by atoms with Crippen molar-refractivity contribution in [3.8, 4) is 5.75 Å². The number of hydrogen-bond acceptors (Lipinski definition) is 2. The van der Waals surface area contributed by atoms with Crippen LogP contribution in [0, 0.1) is 23.4 Å². The Bertz CT molecular complexity index is 447. The molecule has 0 aromatic heterocycles. The fourth-order valence-corrected chi connectivity index (χ4v) is 2.55. The molecule has 1 aliphatic heterocycles. The Morgan fingerprint density at radius 2 is 2.00 bits per heavy atom. The molecule has 1 N–H and O–H groups in total. The third-order valence-electron chi connectivity index (χ3n) is 3.72. The number of halogens is 3. The van der Waals surface area contributed by atoms with E-state index in [0.29, 0.717) is 6.07 Å². The molecular formula is C15H20F3NO. The zero-order valence-electron chi connectivity index (χ0n) is 11.6. The molecule has 1 aliphatic rings. The van der Waals surface area contributed by atoms with Crippen LogP contribution in [-0.4, -0.2) is 19.2 Å². The molecule has 1 saturated heterocycles. The van der Waals surface area contributed by atoms with Crippen molar-refractivity contribution in [1.29, 1.82) is 0 Å². The van der Waals surface area contributed by atoms with E-state index in [-0.39, 0.29) is 17.8 Å². The molecule has 0 bridgehead atoms. The molecule has 112 valence electrons. The molecule has 0 aliphatic carbocycles. The summed E-state index contributed by atoms with van der Waals surface area (Å²) in [4.78, 5) is 0.